The number of aryl methyl sites for hydroxylation is 1. The Kier molecular flexibility index (Phi) is 6.82. The molecule has 0 saturated carbocycles. The summed E-state index contributed by atoms with van der Waals surface area (Å²) >= 11 is 1.16. The topological polar surface area (TPSA) is 88.5 Å². The minimum atomic E-state index is -3.49. The Morgan fingerprint density at radius 2 is 1.77 bits per heavy atom. The van der Waals surface area contributed by atoms with Gasteiger partial charge in [0.1, 0.15) is 0 Å². The quantitative estimate of drug-likeness (QED) is 0.372. The van der Waals surface area contributed by atoms with Crippen LogP contribution in [0, 0.1) is 6.92 Å². The van der Waals surface area contributed by atoms with Crippen LogP contribution in [0.3, 0.4) is 0 Å². The molecular weight excluding hydrogens is 482 g/mol. The molecule has 0 unspecified atom stereocenters. The molecule has 0 aliphatic heterocycles. The lowest BCUT2D eigenvalue weighted by atomic mass is 10.1. The van der Waals surface area contributed by atoms with Gasteiger partial charge in [-0.05, 0) is 74.4 Å². The van der Waals surface area contributed by atoms with Gasteiger partial charge in [-0.2, -0.15) is 0 Å². The summed E-state index contributed by atoms with van der Waals surface area (Å²) in [6, 6.07) is 19.7. The van der Waals surface area contributed by atoms with E-state index >= 15 is 0 Å². The van der Waals surface area contributed by atoms with Crippen LogP contribution >= 0.6 is 11.3 Å². The lowest BCUT2D eigenvalue weighted by Crippen LogP contribution is -2.29. The summed E-state index contributed by atoms with van der Waals surface area (Å²) < 4.78 is 28.7. The van der Waals surface area contributed by atoms with Crippen molar-refractivity contribution < 1.29 is 13.2 Å². The first kappa shape index (κ1) is 24.7. The van der Waals surface area contributed by atoms with Crippen molar-refractivity contribution in [3.63, 3.8) is 0 Å². The number of rotatable bonds is 7. The summed E-state index contributed by atoms with van der Waals surface area (Å²) in [5, 5.41) is 2.88. The Morgan fingerprint density at radius 3 is 2.40 bits per heavy atom. The molecule has 0 bridgehead atoms. The molecule has 0 fully saturated rings. The SMILES string of the molecule is Cc1cccc(N(Cc2ccc(C(=O)Nc3ccc4c(c3)sc(=O)n4C(C)C)cc2)S(C)(=O)=O)c1. The first-order chi connectivity index (χ1) is 16.5. The average Bonchev–Trinajstić information content (AvgIpc) is 3.12. The van der Waals surface area contributed by atoms with Crippen LogP contribution in [0.2, 0.25) is 0 Å². The first-order valence-electron chi connectivity index (χ1n) is 11.1. The maximum Gasteiger partial charge on any atom is 0.308 e. The summed E-state index contributed by atoms with van der Waals surface area (Å²) in [4.78, 5) is 25.0. The number of nitrogens with one attached hydrogen (secondary N) is 1. The molecule has 0 aliphatic carbocycles. The van der Waals surface area contributed by atoms with Gasteiger partial charge in [-0.25, -0.2) is 8.42 Å². The van der Waals surface area contributed by atoms with Gasteiger partial charge in [0.15, 0.2) is 0 Å². The third kappa shape index (κ3) is 5.47. The van der Waals surface area contributed by atoms with Crippen molar-refractivity contribution in [3.05, 3.63) is 93.1 Å². The van der Waals surface area contributed by atoms with Crippen LogP contribution in [0.25, 0.3) is 10.2 Å². The van der Waals surface area contributed by atoms with Gasteiger partial charge in [-0.1, -0.05) is 35.6 Å². The predicted molar refractivity (Wildman–Crippen MR) is 143 cm³/mol. The normalized spacial score (nSPS) is 11.7. The molecule has 35 heavy (non-hydrogen) atoms. The lowest BCUT2D eigenvalue weighted by molar-refractivity contribution is 0.102. The maximum atomic E-state index is 12.8. The summed E-state index contributed by atoms with van der Waals surface area (Å²) in [5.74, 6) is -0.287. The molecule has 0 radical (unpaired) electrons. The molecule has 1 heterocycles. The van der Waals surface area contributed by atoms with Crippen molar-refractivity contribution in [3.8, 4) is 0 Å². The van der Waals surface area contributed by atoms with Crippen LogP contribution in [0.4, 0.5) is 11.4 Å². The van der Waals surface area contributed by atoms with E-state index in [9.17, 15) is 18.0 Å². The van der Waals surface area contributed by atoms with Crippen molar-refractivity contribution in [2.24, 2.45) is 0 Å². The molecule has 0 spiro atoms. The number of hydrogen-bond donors (Lipinski definition) is 1. The standard InChI is InChI=1S/C26H27N3O4S2/c1-17(2)29-23-13-12-21(15-24(23)34-26(29)31)27-25(30)20-10-8-19(9-11-20)16-28(35(4,32)33)22-7-5-6-18(3)14-22/h5-15,17H,16H2,1-4H3,(H,27,30). The van der Waals surface area contributed by atoms with E-state index < -0.39 is 10.0 Å². The third-order valence-electron chi connectivity index (χ3n) is 5.62. The smallest absolute Gasteiger partial charge is 0.308 e. The van der Waals surface area contributed by atoms with Gasteiger partial charge in [0.25, 0.3) is 5.91 Å². The number of hydrogen-bond acceptors (Lipinski definition) is 5. The Balaban J connectivity index is 1.51. The Hall–Kier alpha value is -3.43. The van der Waals surface area contributed by atoms with E-state index in [1.165, 1.54) is 10.6 Å². The van der Waals surface area contributed by atoms with Crippen molar-refractivity contribution in [1.29, 1.82) is 0 Å². The summed E-state index contributed by atoms with van der Waals surface area (Å²) in [6.07, 6.45) is 1.18. The second-order valence-electron chi connectivity index (χ2n) is 8.77. The van der Waals surface area contributed by atoms with Crippen molar-refractivity contribution >= 4 is 48.9 Å². The lowest BCUT2D eigenvalue weighted by Gasteiger charge is -2.23. The molecule has 0 atom stereocenters. The highest BCUT2D eigenvalue weighted by molar-refractivity contribution is 7.92. The fraction of sp³-hybridized carbons (Fsp3) is 0.231. The highest BCUT2D eigenvalue weighted by atomic mass is 32.2. The highest BCUT2D eigenvalue weighted by Crippen LogP contribution is 2.25. The molecule has 0 aliphatic rings. The number of sulfonamides is 1. The summed E-state index contributed by atoms with van der Waals surface area (Å²) in [5.41, 5.74) is 4.22. The van der Waals surface area contributed by atoms with E-state index in [2.05, 4.69) is 5.32 Å². The van der Waals surface area contributed by atoms with Gasteiger partial charge < -0.3 is 5.32 Å². The van der Waals surface area contributed by atoms with Crippen LogP contribution in [-0.4, -0.2) is 25.1 Å². The fourth-order valence-electron chi connectivity index (χ4n) is 3.92. The van der Waals surface area contributed by atoms with Gasteiger partial charge in [0.05, 0.1) is 28.7 Å². The second-order valence-corrected chi connectivity index (χ2v) is 11.7. The highest BCUT2D eigenvalue weighted by Gasteiger charge is 2.18. The van der Waals surface area contributed by atoms with Crippen molar-refractivity contribution in [2.45, 2.75) is 33.4 Å². The van der Waals surface area contributed by atoms with E-state index in [0.29, 0.717) is 16.9 Å². The summed E-state index contributed by atoms with van der Waals surface area (Å²) in [7, 11) is -3.49. The van der Waals surface area contributed by atoms with Gasteiger partial charge in [-0.15, -0.1) is 0 Å². The van der Waals surface area contributed by atoms with E-state index in [1.54, 1.807) is 47.0 Å². The second kappa shape index (κ2) is 9.67. The largest absolute Gasteiger partial charge is 0.322 e. The number of anilines is 2. The Morgan fingerprint density at radius 1 is 1.06 bits per heavy atom. The fourth-order valence-corrected chi connectivity index (χ4v) is 5.85. The molecule has 9 heteroatoms. The first-order valence-corrected chi connectivity index (χ1v) is 13.8. The van der Waals surface area contributed by atoms with Crippen molar-refractivity contribution in [2.75, 3.05) is 15.9 Å². The molecule has 1 aromatic heterocycles. The number of benzene rings is 3. The van der Waals surface area contributed by atoms with E-state index in [1.807, 2.05) is 45.0 Å². The van der Waals surface area contributed by atoms with E-state index in [4.69, 9.17) is 0 Å². The molecule has 7 nitrogen and oxygen atoms in total. The van der Waals surface area contributed by atoms with Gasteiger partial charge in [0, 0.05) is 17.3 Å². The molecular formula is C26H27N3O4S2. The molecule has 4 aromatic rings. The number of carbonyl (C=O) groups excluding carboxylic acids is 1. The zero-order valence-corrected chi connectivity index (χ0v) is 21.6. The number of carbonyl (C=O) groups is 1. The molecule has 1 amide bonds. The Labute approximate surface area is 208 Å². The average molecular weight is 510 g/mol. The predicted octanol–water partition coefficient (Wildman–Crippen LogP) is 5.17. The van der Waals surface area contributed by atoms with Crippen LogP contribution in [0.5, 0.6) is 0 Å². The monoisotopic (exact) mass is 509 g/mol. The van der Waals surface area contributed by atoms with Crippen LogP contribution in [0.1, 0.15) is 41.4 Å². The zero-order chi connectivity index (χ0) is 25.3. The van der Waals surface area contributed by atoms with Gasteiger partial charge in [-0.3, -0.25) is 18.5 Å². The number of amides is 1. The number of fused-ring (bicyclic) bond motifs is 1. The van der Waals surface area contributed by atoms with Crippen molar-refractivity contribution in [1.82, 2.24) is 4.57 Å². The zero-order valence-electron chi connectivity index (χ0n) is 20.0. The van der Waals surface area contributed by atoms with E-state index in [0.717, 1.165) is 32.7 Å². The number of nitrogens with zero attached hydrogens (tertiary/aromatic N) is 2. The minimum Gasteiger partial charge on any atom is -0.322 e. The molecule has 3 aromatic carbocycles. The van der Waals surface area contributed by atoms with Crippen LogP contribution < -0.4 is 14.5 Å². The Bertz CT molecular complexity index is 1550. The molecule has 1 N–H and O–H groups in total. The number of thiazole rings is 1. The van der Waals surface area contributed by atoms with Gasteiger partial charge in [0.2, 0.25) is 10.0 Å². The molecule has 0 saturated heterocycles. The third-order valence-corrected chi connectivity index (χ3v) is 7.68. The van der Waals surface area contributed by atoms with Crippen LogP contribution in [0.15, 0.2) is 71.5 Å². The number of aromatic nitrogens is 1. The van der Waals surface area contributed by atoms with E-state index in [-0.39, 0.29) is 23.4 Å². The summed E-state index contributed by atoms with van der Waals surface area (Å²) in [6.45, 7) is 5.99. The molecule has 4 rings (SSSR count). The minimum absolute atomic E-state index is 0.0251. The molecule has 182 valence electrons. The van der Waals surface area contributed by atoms with Gasteiger partial charge >= 0.3 is 4.87 Å². The maximum absolute atomic E-state index is 12.8. The van der Waals surface area contributed by atoms with Crippen LogP contribution in [-0.2, 0) is 16.6 Å².